The average molecular weight is 264 g/mol. The highest BCUT2D eigenvalue weighted by Gasteiger charge is 2.67. The maximum absolute atomic E-state index is 12.4. The van der Waals surface area contributed by atoms with Crippen LogP contribution >= 0.6 is 0 Å². The number of rotatable bonds is 2. The molecule has 1 fully saturated rings. The Morgan fingerprint density at radius 2 is 2.26 bits per heavy atom. The highest BCUT2D eigenvalue weighted by atomic mass is 16.7. The van der Waals surface area contributed by atoms with Gasteiger partial charge in [0.25, 0.3) is 0 Å². The van der Waals surface area contributed by atoms with Crippen molar-refractivity contribution in [3.05, 3.63) is 24.3 Å². The van der Waals surface area contributed by atoms with Gasteiger partial charge in [0.2, 0.25) is 0 Å². The van der Waals surface area contributed by atoms with Gasteiger partial charge in [-0.1, -0.05) is 12.2 Å². The molecule has 0 aromatic heterocycles. The van der Waals surface area contributed by atoms with Crippen molar-refractivity contribution in [2.75, 3.05) is 20.8 Å². The van der Waals surface area contributed by atoms with Gasteiger partial charge in [0, 0.05) is 18.9 Å². The van der Waals surface area contributed by atoms with Gasteiger partial charge in [-0.05, 0) is 18.6 Å². The van der Waals surface area contributed by atoms with E-state index in [1.165, 1.54) is 20.3 Å². The molecule has 102 valence electrons. The van der Waals surface area contributed by atoms with E-state index >= 15 is 0 Å². The fraction of sp³-hybridized carbons (Fsp3) is 0.571. The first-order valence-corrected chi connectivity index (χ1v) is 6.28. The van der Waals surface area contributed by atoms with Crippen molar-refractivity contribution in [2.45, 2.75) is 12.2 Å². The van der Waals surface area contributed by atoms with Crippen LogP contribution in [0.15, 0.2) is 24.3 Å². The molecule has 0 N–H and O–H groups in total. The Morgan fingerprint density at radius 1 is 1.47 bits per heavy atom. The van der Waals surface area contributed by atoms with Crippen LogP contribution in [0.4, 0.5) is 0 Å². The molecule has 4 atom stereocenters. The smallest absolute Gasteiger partial charge is 0.320 e. The molecular formula is C14H16O5. The Balaban J connectivity index is 2.20. The van der Waals surface area contributed by atoms with Gasteiger partial charge in [-0.15, -0.1) is 0 Å². The van der Waals surface area contributed by atoms with Crippen LogP contribution in [0.1, 0.15) is 6.42 Å². The highest BCUT2D eigenvalue weighted by molar-refractivity contribution is 6.11. The summed E-state index contributed by atoms with van der Waals surface area (Å²) in [4.78, 5) is 24.7. The summed E-state index contributed by atoms with van der Waals surface area (Å²) in [5.41, 5.74) is -1.21. The molecule has 0 aromatic carbocycles. The molecule has 3 aliphatic rings. The predicted octanol–water partition coefficient (Wildman–Crippen LogP) is 0.850. The van der Waals surface area contributed by atoms with Crippen molar-refractivity contribution in [1.29, 1.82) is 0 Å². The Labute approximate surface area is 111 Å². The van der Waals surface area contributed by atoms with Crippen LogP contribution in [0.5, 0.6) is 0 Å². The van der Waals surface area contributed by atoms with Crippen LogP contribution in [0.2, 0.25) is 0 Å². The van der Waals surface area contributed by atoms with Crippen LogP contribution in [0.3, 0.4) is 0 Å². The van der Waals surface area contributed by atoms with Crippen molar-refractivity contribution in [2.24, 2.45) is 17.3 Å². The molecule has 19 heavy (non-hydrogen) atoms. The van der Waals surface area contributed by atoms with E-state index in [-0.39, 0.29) is 17.6 Å². The van der Waals surface area contributed by atoms with E-state index in [0.29, 0.717) is 13.0 Å². The number of carbonyl (C=O) groups excluding carboxylic acids is 2. The van der Waals surface area contributed by atoms with Gasteiger partial charge in [-0.2, -0.15) is 0 Å². The molecule has 1 heterocycles. The summed E-state index contributed by atoms with van der Waals surface area (Å²) >= 11 is 0. The van der Waals surface area contributed by atoms with Crippen molar-refractivity contribution >= 4 is 11.8 Å². The number of carbonyl (C=O) groups is 2. The number of hydrogen-bond donors (Lipinski definition) is 0. The van der Waals surface area contributed by atoms with Crippen LogP contribution in [-0.4, -0.2) is 38.4 Å². The van der Waals surface area contributed by atoms with E-state index in [1.54, 1.807) is 6.08 Å². The first-order valence-electron chi connectivity index (χ1n) is 6.28. The molecule has 0 saturated carbocycles. The van der Waals surface area contributed by atoms with Crippen molar-refractivity contribution in [3.63, 3.8) is 0 Å². The van der Waals surface area contributed by atoms with Gasteiger partial charge in [-0.25, -0.2) is 0 Å². The molecule has 0 radical (unpaired) electrons. The topological polar surface area (TPSA) is 61.8 Å². The zero-order valence-corrected chi connectivity index (χ0v) is 10.9. The maximum atomic E-state index is 12.4. The lowest BCUT2D eigenvalue weighted by Crippen LogP contribution is -2.58. The summed E-state index contributed by atoms with van der Waals surface area (Å²) in [6.07, 6.45) is 7.21. The first-order chi connectivity index (χ1) is 9.10. The minimum Gasteiger partial charge on any atom is -0.468 e. The predicted molar refractivity (Wildman–Crippen MR) is 65.0 cm³/mol. The minimum absolute atomic E-state index is 0.0123. The van der Waals surface area contributed by atoms with Gasteiger partial charge in [0.15, 0.2) is 11.6 Å². The number of allylic oxidation sites excluding steroid dienone is 2. The molecule has 2 aliphatic carbocycles. The van der Waals surface area contributed by atoms with E-state index in [0.717, 1.165) is 0 Å². The second-order valence-electron chi connectivity index (χ2n) is 5.17. The van der Waals surface area contributed by atoms with Crippen molar-refractivity contribution < 1.29 is 23.8 Å². The van der Waals surface area contributed by atoms with Crippen LogP contribution < -0.4 is 0 Å². The van der Waals surface area contributed by atoms with Gasteiger partial charge in [-0.3, -0.25) is 9.59 Å². The Morgan fingerprint density at radius 3 is 2.95 bits per heavy atom. The molecule has 0 spiro atoms. The van der Waals surface area contributed by atoms with Gasteiger partial charge in [0.05, 0.1) is 13.7 Å². The molecule has 0 amide bonds. The van der Waals surface area contributed by atoms with E-state index in [4.69, 9.17) is 14.2 Å². The van der Waals surface area contributed by atoms with Gasteiger partial charge >= 0.3 is 5.97 Å². The summed E-state index contributed by atoms with van der Waals surface area (Å²) in [7, 11) is 2.84. The van der Waals surface area contributed by atoms with Crippen molar-refractivity contribution in [1.82, 2.24) is 0 Å². The summed E-state index contributed by atoms with van der Waals surface area (Å²) in [6.45, 7) is 0.436. The molecule has 0 bridgehead atoms. The number of ether oxygens (including phenoxy) is 3. The number of methoxy groups -OCH3 is 2. The summed E-state index contributed by atoms with van der Waals surface area (Å²) < 4.78 is 16.2. The third-order valence-corrected chi connectivity index (χ3v) is 4.49. The molecular weight excluding hydrogens is 248 g/mol. The van der Waals surface area contributed by atoms with Gasteiger partial charge in [0.1, 0.15) is 5.41 Å². The monoisotopic (exact) mass is 264 g/mol. The zero-order chi connectivity index (χ0) is 13.7. The molecule has 0 unspecified atom stereocenters. The lowest BCUT2D eigenvalue weighted by Gasteiger charge is -2.46. The molecule has 5 nitrogen and oxygen atoms in total. The van der Waals surface area contributed by atoms with E-state index < -0.39 is 17.2 Å². The van der Waals surface area contributed by atoms with E-state index in [9.17, 15) is 9.59 Å². The molecule has 1 aliphatic heterocycles. The fourth-order valence-electron chi connectivity index (χ4n) is 3.64. The Hall–Kier alpha value is -1.46. The molecule has 5 heteroatoms. The first kappa shape index (κ1) is 12.6. The maximum Gasteiger partial charge on any atom is 0.320 e. The fourth-order valence-corrected chi connectivity index (χ4v) is 3.64. The average Bonchev–Trinajstić information content (AvgIpc) is 2.83. The van der Waals surface area contributed by atoms with Gasteiger partial charge < -0.3 is 14.2 Å². The zero-order valence-electron chi connectivity index (χ0n) is 10.9. The Kier molecular flexibility index (Phi) is 2.66. The van der Waals surface area contributed by atoms with Crippen LogP contribution in [0, 0.1) is 17.3 Å². The SMILES string of the molecule is COC(=O)[C@]12CC=C[C@H]3CO[C@](OC)(C=CC1=O)[C@@H]32. The molecule has 0 aromatic rings. The minimum atomic E-state index is -1.21. The second kappa shape index (κ2) is 4.02. The van der Waals surface area contributed by atoms with E-state index in [1.807, 2.05) is 12.2 Å². The summed E-state index contributed by atoms with van der Waals surface area (Å²) in [6, 6.07) is 0. The summed E-state index contributed by atoms with van der Waals surface area (Å²) in [5, 5.41) is 0. The van der Waals surface area contributed by atoms with Crippen molar-refractivity contribution in [3.8, 4) is 0 Å². The highest BCUT2D eigenvalue weighted by Crippen LogP contribution is 2.56. The number of esters is 1. The third kappa shape index (κ3) is 1.37. The van der Waals surface area contributed by atoms with Crippen LogP contribution in [0.25, 0.3) is 0 Å². The third-order valence-electron chi connectivity index (χ3n) is 4.49. The molecule has 3 rings (SSSR count). The lowest BCUT2D eigenvalue weighted by atomic mass is 9.58. The Bertz CT molecular complexity index is 494. The normalized spacial score (nSPS) is 43.2. The molecule has 1 saturated heterocycles. The lowest BCUT2D eigenvalue weighted by molar-refractivity contribution is -0.211. The van der Waals surface area contributed by atoms with Crippen LogP contribution in [-0.2, 0) is 23.8 Å². The summed E-state index contributed by atoms with van der Waals surface area (Å²) in [5.74, 6) is -2.11. The second-order valence-corrected chi connectivity index (χ2v) is 5.17. The quantitative estimate of drug-likeness (QED) is 0.420. The largest absolute Gasteiger partial charge is 0.468 e. The van der Waals surface area contributed by atoms with E-state index in [2.05, 4.69) is 0 Å². The standard InChI is InChI=1S/C14H16O5/c1-17-12(16)13-6-3-4-9-8-19-14(18-2,11(9)13)7-5-10(13)15/h3-5,7,9,11H,6,8H2,1-2H3/t9-,11-,13+,14+/m0/s1. The number of hydrogen-bond acceptors (Lipinski definition) is 5. The number of ketones is 1.